The van der Waals surface area contributed by atoms with Crippen molar-refractivity contribution in [2.24, 2.45) is 5.92 Å². The van der Waals surface area contributed by atoms with Crippen LogP contribution < -0.4 is 45.3 Å². The Morgan fingerprint density at radius 1 is 1.03 bits per heavy atom. The number of rotatable bonds is 18. The molecule has 0 aliphatic heterocycles. The van der Waals surface area contributed by atoms with Gasteiger partial charge in [0, 0.05) is 6.54 Å². The Kier molecular flexibility index (Phi) is 18.8. The van der Waals surface area contributed by atoms with Crippen molar-refractivity contribution in [1.29, 1.82) is 0 Å². The van der Waals surface area contributed by atoms with E-state index in [0.29, 0.717) is 19.3 Å². The Morgan fingerprint density at radius 3 is 2.16 bits per heavy atom. The molecule has 2 atom stereocenters. The van der Waals surface area contributed by atoms with Gasteiger partial charge in [-0.2, -0.15) is 8.42 Å². The van der Waals surface area contributed by atoms with Crippen molar-refractivity contribution in [1.82, 2.24) is 10.6 Å². The summed E-state index contributed by atoms with van der Waals surface area (Å²) in [6.07, 6.45) is 5.40. The number of hydrogen-bond acceptors (Lipinski definition) is 6. The van der Waals surface area contributed by atoms with Crippen LogP contribution in [0.1, 0.15) is 84.5 Å². The molecule has 0 aliphatic carbocycles. The number of amides is 2. The molecule has 0 saturated heterocycles. The average molecular weight is 477 g/mol. The Morgan fingerprint density at radius 2 is 1.65 bits per heavy atom. The molecule has 4 N–H and O–H groups in total. The molecule has 0 saturated carbocycles. The molecule has 0 aromatic heterocycles. The molecule has 0 rings (SSSR count). The van der Waals surface area contributed by atoms with Gasteiger partial charge in [-0.1, -0.05) is 58.8 Å². The second-order valence-electron chi connectivity index (χ2n) is 7.78. The van der Waals surface area contributed by atoms with Gasteiger partial charge in [0.25, 0.3) is 0 Å². The fraction of sp³-hybridized carbons (Fsp3) is 0.895. The molecule has 10 nitrogen and oxygen atoms in total. The molecule has 0 fully saturated rings. The fourth-order valence-corrected chi connectivity index (χ4v) is 3.85. The van der Waals surface area contributed by atoms with Gasteiger partial charge in [-0.25, -0.2) is 8.98 Å². The third kappa shape index (κ3) is 18.7. The van der Waals surface area contributed by atoms with Gasteiger partial charge in [-0.05, 0) is 31.6 Å². The summed E-state index contributed by atoms with van der Waals surface area (Å²) in [6.45, 7) is 3.73. The van der Waals surface area contributed by atoms with Crippen LogP contribution in [0.5, 0.6) is 0 Å². The van der Waals surface area contributed by atoms with Crippen molar-refractivity contribution in [3.63, 3.8) is 0 Å². The second kappa shape index (κ2) is 17.9. The van der Waals surface area contributed by atoms with Crippen LogP contribution in [0, 0.1) is 5.92 Å². The van der Waals surface area contributed by atoms with E-state index >= 15 is 0 Å². The SMILES string of the molecule is CCCCCCC(CCC(CCCCC)CNC(=O)[O-])(COS(=O)(=O)O)NC(=O)O.[Na+]. The van der Waals surface area contributed by atoms with E-state index < -0.39 is 34.7 Å². The maximum Gasteiger partial charge on any atom is 1.00 e. The van der Waals surface area contributed by atoms with Gasteiger partial charge in [0.15, 0.2) is 0 Å². The van der Waals surface area contributed by atoms with Crippen LogP contribution in [0.2, 0.25) is 0 Å². The third-order valence-corrected chi connectivity index (χ3v) is 5.56. The smallest absolute Gasteiger partial charge is 0.530 e. The van der Waals surface area contributed by atoms with Gasteiger partial charge in [-0.15, -0.1) is 0 Å². The first-order valence-corrected chi connectivity index (χ1v) is 12.0. The minimum absolute atomic E-state index is 0. The summed E-state index contributed by atoms with van der Waals surface area (Å²) >= 11 is 0. The molecule has 31 heavy (non-hydrogen) atoms. The Bertz CT molecular complexity index is 606. The van der Waals surface area contributed by atoms with Crippen molar-refractivity contribution >= 4 is 22.6 Å². The number of carboxylic acid groups (broad SMARTS) is 2. The predicted molar refractivity (Wildman–Crippen MR) is 110 cm³/mol. The molecule has 0 aromatic rings. The van der Waals surface area contributed by atoms with Crippen LogP contribution in [0.15, 0.2) is 0 Å². The number of carbonyl (C=O) groups excluding carboxylic acids is 1. The van der Waals surface area contributed by atoms with E-state index in [1.54, 1.807) is 0 Å². The minimum atomic E-state index is -4.74. The molecule has 178 valence electrons. The predicted octanol–water partition coefficient (Wildman–Crippen LogP) is -0.304. The zero-order chi connectivity index (χ0) is 23.0. The van der Waals surface area contributed by atoms with Gasteiger partial charge in [0.05, 0.1) is 12.1 Å². The molecule has 0 aliphatic rings. The maximum atomic E-state index is 11.4. The van der Waals surface area contributed by atoms with E-state index in [1.165, 1.54) is 0 Å². The van der Waals surface area contributed by atoms with E-state index in [1.807, 2.05) is 6.92 Å². The van der Waals surface area contributed by atoms with E-state index in [9.17, 15) is 28.2 Å². The van der Waals surface area contributed by atoms with Crippen LogP contribution in [0.25, 0.3) is 0 Å². The van der Waals surface area contributed by atoms with Crippen molar-refractivity contribution < 1.29 is 66.5 Å². The van der Waals surface area contributed by atoms with Gasteiger partial charge in [-0.3, -0.25) is 4.55 Å². The molecule has 12 heteroatoms. The van der Waals surface area contributed by atoms with Gasteiger partial charge < -0.3 is 25.6 Å². The second-order valence-corrected chi connectivity index (χ2v) is 8.87. The first-order valence-electron chi connectivity index (χ1n) is 10.6. The minimum Gasteiger partial charge on any atom is -0.530 e. The van der Waals surface area contributed by atoms with Crippen LogP contribution in [0.3, 0.4) is 0 Å². The normalized spacial score (nSPS) is 14.2. The molecule has 0 heterocycles. The maximum absolute atomic E-state index is 11.4. The quantitative estimate of drug-likeness (QED) is 0.119. The molecule has 0 bridgehead atoms. The van der Waals surface area contributed by atoms with Crippen molar-refractivity contribution in [3.8, 4) is 0 Å². The summed E-state index contributed by atoms with van der Waals surface area (Å²) in [5.41, 5.74) is -1.21. The van der Waals surface area contributed by atoms with Crippen molar-refractivity contribution in [2.75, 3.05) is 13.2 Å². The van der Waals surface area contributed by atoms with Crippen LogP contribution >= 0.6 is 0 Å². The standard InChI is InChI=1S/C19H38N2O8S.Na/c1-3-5-7-9-12-19(21-18(24)25,15-29-30(26,27)28)13-11-16(10-8-6-4-2)14-20-17(22)23;/h16,20-21H,3-15H2,1-2H3,(H,22,23)(H,24,25)(H,26,27,28);/q;+1/p-1. The molecule has 0 aromatic carbocycles. The Labute approximate surface area is 208 Å². The van der Waals surface area contributed by atoms with Crippen LogP contribution in [-0.4, -0.2) is 49.0 Å². The number of carbonyl (C=O) groups is 2. The summed E-state index contributed by atoms with van der Waals surface area (Å²) in [5.74, 6) is -0.0641. The van der Waals surface area contributed by atoms with E-state index in [2.05, 4.69) is 21.7 Å². The first kappa shape index (κ1) is 32.6. The molecular weight excluding hydrogens is 439 g/mol. The molecule has 0 spiro atoms. The monoisotopic (exact) mass is 476 g/mol. The topological polar surface area (TPSA) is 165 Å². The Hall–Kier alpha value is -0.590. The summed E-state index contributed by atoms with van der Waals surface area (Å²) in [4.78, 5) is 22.2. The van der Waals surface area contributed by atoms with Gasteiger partial charge >= 0.3 is 46.0 Å². The van der Waals surface area contributed by atoms with Crippen LogP contribution in [-0.2, 0) is 14.6 Å². The zero-order valence-electron chi connectivity index (χ0n) is 19.0. The molecule has 2 amide bonds. The van der Waals surface area contributed by atoms with Gasteiger partial charge in [0.1, 0.15) is 6.09 Å². The van der Waals surface area contributed by atoms with Crippen molar-refractivity contribution in [3.05, 3.63) is 0 Å². The Balaban J connectivity index is 0. The van der Waals surface area contributed by atoms with E-state index in [-0.39, 0.29) is 48.4 Å². The largest absolute Gasteiger partial charge is 1.00 e. The fourth-order valence-electron chi connectivity index (χ4n) is 3.47. The molecule has 2 unspecified atom stereocenters. The van der Waals surface area contributed by atoms with Crippen molar-refractivity contribution in [2.45, 2.75) is 90.0 Å². The van der Waals surface area contributed by atoms with Gasteiger partial charge in [0.2, 0.25) is 0 Å². The number of nitrogens with one attached hydrogen (secondary N) is 2. The van der Waals surface area contributed by atoms with E-state index in [0.717, 1.165) is 44.9 Å². The summed E-state index contributed by atoms with van der Waals surface area (Å²) in [6, 6.07) is 0. The number of unbranched alkanes of at least 4 members (excludes halogenated alkanes) is 5. The first-order chi connectivity index (χ1) is 14.0. The molecular formula is C19H37N2NaO8S. The summed E-state index contributed by atoms with van der Waals surface area (Å²) in [7, 11) is -4.74. The summed E-state index contributed by atoms with van der Waals surface area (Å²) in [5, 5.41) is 24.8. The zero-order valence-corrected chi connectivity index (χ0v) is 21.8. The van der Waals surface area contributed by atoms with Crippen LogP contribution in [0.4, 0.5) is 9.59 Å². The summed E-state index contributed by atoms with van der Waals surface area (Å²) < 4.78 is 35.8. The average Bonchev–Trinajstić information content (AvgIpc) is 2.64. The molecule has 0 radical (unpaired) electrons. The number of hydrogen-bond donors (Lipinski definition) is 4. The third-order valence-electron chi connectivity index (χ3n) is 5.15. The van der Waals surface area contributed by atoms with E-state index in [4.69, 9.17) is 4.55 Å².